The third-order valence-corrected chi connectivity index (χ3v) is 1.48. The number of rotatable bonds is 3. The van der Waals surface area contributed by atoms with Gasteiger partial charge in [0.15, 0.2) is 5.82 Å². The van der Waals surface area contributed by atoms with E-state index in [1.165, 1.54) is 12.4 Å². The maximum Gasteiger partial charge on any atom is 0.323 e. The number of hydrogen-bond acceptors (Lipinski definition) is 5. The molecule has 13 heavy (non-hydrogen) atoms. The van der Waals surface area contributed by atoms with E-state index in [0.717, 1.165) is 0 Å². The van der Waals surface area contributed by atoms with Gasteiger partial charge in [-0.25, -0.2) is 9.97 Å². The van der Waals surface area contributed by atoms with Crippen LogP contribution in [0.5, 0.6) is 0 Å². The highest BCUT2D eigenvalue weighted by Crippen LogP contribution is 2.09. The van der Waals surface area contributed by atoms with Crippen molar-refractivity contribution in [3.63, 3.8) is 0 Å². The van der Waals surface area contributed by atoms with Crippen LogP contribution in [0.2, 0.25) is 0 Å². The van der Waals surface area contributed by atoms with Crippen molar-refractivity contribution >= 4 is 5.97 Å². The molecule has 2 unspecified atom stereocenters. The van der Waals surface area contributed by atoms with Crippen LogP contribution in [0.15, 0.2) is 18.5 Å². The van der Waals surface area contributed by atoms with Gasteiger partial charge in [-0.1, -0.05) is 0 Å². The van der Waals surface area contributed by atoms with Gasteiger partial charge in [0.2, 0.25) is 0 Å². The normalized spacial score (nSPS) is 14.9. The molecule has 0 aromatic carbocycles. The maximum atomic E-state index is 10.4. The highest BCUT2D eigenvalue weighted by Gasteiger charge is 2.25. The lowest BCUT2D eigenvalue weighted by molar-refractivity contribution is -0.141. The summed E-state index contributed by atoms with van der Waals surface area (Å²) in [5, 5.41) is 17.8. The minimum absolute atomic E-state index is 0.0115. The molecular weight excluding hydrogens is 174 g/mol. The molecule has 0 aliphatic carbocycles. The van der Waals surface area contributed by atoms with E-state index < -0.39 is 18.1 Å². The number of aliphatic hydroxyl groups excluding tert-OH is 1. The Bertz CT molecular complexity index is 290. The monoisotopic (exact) mass is 183 g/mol. The van der Waals surface area contributed by atoms with Crippen molar-refractivity contribution in [3.8, 4) is 0 Å². The second-order valence-corrected chi connectivity index (χ2v) is 2.42. The van der Waals surface area contributed by atoms with Crippen LogP contribution < -0.4 is 5.73 Å². The van der Waals surface area contributed by atoms with Gasteiger partial charge in [0.25, 0.3) is 0 Å². The second kappa shape index (κ2) is 3.92. The number of nitrogens with two attached hydrogens (primary N) is 1. The molecular formula is C7H9N3O3. The highest BCUT2D eigenvalue weighted by atomic mass is 16.4. The van der Waals surface area contributed by atoms with E-state index in [-0.39, 0.29) is 5.82 Å². The van der Waals surface area contributed by atoms with Crippen LogP contribution in [0, 0.1) is 0 Å². The zero-order valence-corrected chi connectivity index (χ0v) is 6.66. The Morgan fingerprint density at radius 3 is 2.46 bits per heavy atom. The molecule has 0 saturated heterocycles. The van der Waals surface area contributed by atoms with Gasteiger partial charge in [0.1, 0.15) is 12.1 Å². The molecule has 70 valence electrons. The van der Waals surface area contributed by atoms with Crippen molar-refractivity contribution in [1.29, 1.82) is 0 Å². The maximum absolute atomic E-state index is 10.4. The molecule has 1 aromatic rings. The number of carboxylic acids is 1. The van der Waals surface area contributed by atoms with Crippen molar-refractivity contribution in [1.82, 2.24) is 9.97 Å². The van der Waals surface area contributed by atoms with Crippen LogP contribution in [-0.2, 0) is 4.79 Å². The fourth-order valence-corrected chi connectivity index (χ4v) is 0.759. The zero-order chi connectivity index (χ0) is 9.84. The minimum Gasteiger partial charge on any atom is -0.480 e. The summed E-state index contributed by atoms with van der Waals surface area (Å²) in [7, 11) is 0. The van der Waals surface area contributed by atoms with Gasteiger partial charge in [-0.15, -0.1) is 0 Å². The van der Waals surface area contributed by atoms with Gasteiger partial charge in [0, 0.05) is 12.4 Å². The number of hydrogen-bond donors (Lipinski definition) is 3. The molecule has 0 spiro atoms. The average Bonchev–Trinajstić information content (AvgIpc) is 2.17. The first-order valence-electron chi connectivity index (χ1n) is 3.56. The largest absolute Gasteiger partial charge is 0.480 e. The number of aliphatic carboxylic acids is 1. The molecule has 0 radical (unpaired) electrons. The SMILES string of the molecule is NC(C(=O)O)C(O)c1ncccn1. The first-order chi connectivity index (χ1) is 6.13. The molecule has 0 bridgehead atoms. The zero-order valence-electron chi connectivity index (χ0n) is 6.66. The van der Waals surface area contributed by atoms with Crippen LogP contribution in [-0.4, -0.2) is 32.2 Å². The second-order valence-electron chi connectivity index (χ2n) is 2.42. The molecule has 1 rings (SSSR count). The van der Waals surface area contributed by atoms with Crippen LogP contribution in [0.4, 0.5) is 0 Å². The third kappa shape index (κ3) is 2.20. The Hall–Kier alpha value is -1.53. The fourth-order valence-electron chi connectivity index (χ4n) is 0.759. The Morgan fingerprint density at radius 1 is 1.46 bits per heavy atom. The number of nitrogens with zero attached hydrogens (tertiary/aromatic N) is 2. The summed E-state index contributed by atoms with van der Waals surface area (Å²) in [5.41, 5.74) is 5.16. The first kappa shape index (κ1) is 9.56. The van der Waals surface area contributed by atoms with Crippen LogP contribution in [0.1, 0.15) is 11.9 Å². The topological polar surface area (TPSA) is 109 Å². The van der Waals surface area contributed by atoms with Gasteiger partial charge in [-0.05, 0) is 6.07 Å². The first-order valence-corrected chi connectivity index (χ1v) is 3.56. The Labute approximate surface area is 74.1 Å². The molecule has 1 heterocycles. The summed E-state index contributed by atoms with van der Waals surface area (Å²) in [5.74, 6) is -1.28. The molecule has 6 nitrogen and oxygen atoms in total. The predicted octanol–water partition coefficient (Wildman–Crippen LogP) is -1.08. The standard InChI is InChI=1S/C7H9N3O3/c8-4(7(12)13)5(11)6-9-2-1-3-10-6/h1-5,11H,8H2,(H,12,13). The molecule has 0 aliphatic rings. The number of carbonyl (C=O) groups is 1. The highest BCUT2D eigenvalue weighted by molar-refractivity contribution is 5.73. The fraction of sp³-hybridized carbons (Fsp3) is 0.286. The Balaban J connectivity index is 2.79. The van der Waals surface area contributed by atoms with Crippen LogP contribution in [0.3, 0.4) is 0 Å². The smallest absolute Gasteiger partial charge is 0.323 e. The lowest BCUT2D eigenvalue weighted by Crippen LogP contribution is -2.37. The quantitative estimate of drug-likeness (QED) is 0.550. The van der Waals surface area contributed by atoms with Crippen molar-refractivity contribution in [2.75, 3.05) is 0 Å². The third-order valence-electron chi connectivity index (χ3n) is 1.48. The van der Waals surface area contributed by atoms with Crippen molar-refractivity contribution in [2.45, 2.75) is 12.1 Å². The number of carboxylic acid groups (broad SMARTS) is 1. The molecule has 4 N–H and O–H groups in total. The van der Waals surface area contributed by atoms with Gasteiger partial charge in [-0.2, -0.15) is 0 Å². The van der Waals surface area contributed by atoms with Crippen molar-refractivity contribution in [3.05, 3.63) is 24.3 Å². The molecule has 0 amide bonds. The Kier molecular flexibility index (Phi) is 2.88. The summed E-state index contributed by atoms with van der Waals surface area (Å²) in [6.45, 7) is 0. The lowest BCUT2D eigenvalue weighted by Gasteiger charge is -2.12. The summed E-state index contributed by atoms with van der Waals surface area (Å²) in [4.78, 5) is 17.7. The molecule has 0 saturated carbocycles. The van der Waals surface area contributed by atoms with Crippen LogP contribution in [0.25, 0.3) is 0 Å². The van der Waals surface area contributed by atoms with Crippen LogP contribution >= 0.6 is 0 Å². The van der Waals surface area contributed by atoms with E-state index in [2.05, 4.69) is 9.97 Å². The van der Waals surface area contributed by atoms with Crippen molar-refractivity contribution in [2.24, 2.45) is 5.73 Å². The summed E-state index contributed by atoms with van der Waals surface area (Å²) in [6.07, 6.45) is 1.43. The van der Waals surface area contributed by atoms with E-state index >= 15 is 0 Å². The summed E-state index contributed by atoms with van der Waals surface area (Å²) in [6, 6.07) is 0.157. The molecule has 1 aromatic heterocycles. The van der Waals surface area contributed by atoms with E-state index in [4.69, 9.17) is 10.8 Å². The number of aromatic nitrogens is 2. The van der Waals surface area contributed by atoms with Gasteiger partial charge in [-0.3, -0.25) is 4.79 Å². The lowest BCUT2D eigenvalue weighted by atomic mass is 10.1. The van der Waals surface area contributed by atoms with E-state index in [1.807, 2.05) is 0 Å². The van der Waals surface area contributed by atoms with Gasteiger partial charge in [0.05, 0.1) is 0 Å². The Morgan fingerprint density at radius 2 is 2.00 bits per heavy atom. The average molecular weight is 183 g/mol. The molecule has 0 aliphatic heterocycles. The number of aliphatic hydroxyl groups is 1. The minimum atomic E-state index is -1.40. The summed E-state index contributed by atoms with van der Waals surface area (Å²) >= 11 is 0. The molecule has 2 atom stereocenters. The summed E-state index contributed by atoms with van der Waals surface area (Å²) < 4.78 is 0. The van der Waals surface area contributed by atoms with E-state index in [9.17, 15) is 9.90 Å². The van der Waals surface area contributed by atoms with E-state index in [0.29, 0.717) is 0 Å². The molecule has 0 fully saturated rings. The molecule has 6 heteroatoms. The van der Waals surface area contributed by atoms with E-state index in [1.54, 1.807) is 6.07 Å². The van der Waals surface area contributed by atoms with Gasteiger partial charge < -0.3 is 15.9 Å². The van der Waals surface area contributed by atoms with Gasteiger partial charge >= 0.3 is 5.97 Å². The van der Waals surface area contributed by atoms with Crippen molar-refractivity contribution < 1.29 is 15.0 Å². The predicted molar refractivity (Wildman–Crippen MR) is 42.6 cm³/mol.